The fraction of sp³-hybridized carbons (Fsp3) is 0.231. The highest BCUT2D eigenvalue weighted by Crippen LogP contribution is 2.43. The predicted octanol–water partition coefficient (Wildman–Crippen LogP) is 7.60. The Bertz CT molecular complexity index is 1250. The maximum Gasteiger partial charge on any atom is 0.207 e. The lowest BCUT2D eigenvalue weighted by molar-refractivity contribution is 0.309. The smallest absolute Gasteiger partial charge is 0.207 e. The Balaban J connectivity index is 1.68. The monoisotopic (exact) mass is 460 g/mol. The molecule has 0 unspecified atom stereocenters. The molecule has 0 bridgehead atoms. The minimum Gasteiger partial charge on any atom is -0.491 e. The zero-order chi connectivity index (χ0) is 23.7. The van der Waals surface area contributed by atoms with E-state index in [2.05, 4.69) is 0 Å². The van der Waals surface area contributed by atoms with Crippen molar-refractivity contribution >= 4 is 12.2 Å². The highest BCUT2D eigenvalue weighted by atomic mass is 19.2. The van der Waals surface area contributed by atoms with E-state index >= 15 is 0 Å². The first-order chi connectivity index (χ1) is 15.8. The second kappa shape index (κ2) is 9.25. The number of hydrogen-bond acceptors (Lipinski definition) is 2. The molecule has 0 spiro atoms. The van der Waals surface area contributed by atoms with Gasteiger partial charge in [0, 0.05) is 28.7 Å². The van der Waals surface area contributed by atoms with Gasteiger partial charge in [-0.15, -0.1) is 0 Å². The third-order valence-corrected chi connectivity index (χ3v) is 5.45. The third-order valence-electron chi connectivity index (χ3n) is 5.45. The van der Waals surface area contributed by atoms with Gasteiger partial charge in [0.15, 0.2) is 34.7 Å². The molecular weight excluding hydrogens is 439 g/mol. The lowest BCUT2D eigenvalue weighted by Crippen LogP contribution is -2.10. The Kier molecular flexibility index (Phi) is 6.40. The molecule has 172 valence electrons. The minimum absolute atomic E-state index is 0.0423. The SMILES string of the molecule is CCCc1ccc(/C=C/c2cc3c(c(F)c2F)Oc2c(ccc(OCC)c2F)C3)c(F)c1F. The second-order valence-corrected chi connectivity index (χ2v) is 7.68. The van der Waals surface area contributed by atoms with E-state index in [1.807, 2.05) is 6.92 Å². The molecule has 0 aromatic heterocycles. The molecule has 3 aromatic rings. The van der Waals surface area contributed by atoms with Gasteiger partial charge in [0.25, 0.3) is 0 Å². The number of fused-ring (bicyclic) bond motifs is 2. The van der Waals surface area contributed by atoms with Crippen LogP contribution in [0.3, 0.4) is 0 Å². The summed E-state index contributed by atoms with van der Waals surface area (Å²) in [6.07, 6.45) is 3.51. The second-order valence-electron chi connectivity index (χ2n) is 7.68. The van der Waals surface area contributed by atoms with Crippen LogP contribution in [-0.4, -0.2) is 6.61 Å². The van der Waals surface area contributed by atoms with Gasteiger partial charge in [-0.1, -0.05) is 43.7 Å². The van der Waals surface area contributed by atoms with Crippen molar-refractivity contribution in [2.24, 2.45) is 0 Å². The summed E-state index contributed by atoms with van der Waals surface area (Å²) in [5.41, 5.74) is 0.756. The average molecular weight is 460 g/mol. The molecule has 1 aliphatic heterocycles. The van der Waals surface area contributed by atoms with Gasteiger partial charge in [-0.2, -0.15) is 8.78 Å². The van der Waals surface area contributed by atoms with E-state index in [0.717, 1.165) is 0 Å². The number of ether oxygens (including phenoxy) is 2. The number of hydrogen-bond donors (Lipinski definition) is 0. The molecule has 0 saturated carbocycles. The van der Waals surface area contributed by atoms with Gasteiger partial charge < -0.3 is 9.47 Å². The van der Waals surface area contributed by atoms with Crippen molar-refractivity contribution in [1.82, 2.24) is 0 Å². The zero-order valence-corrected chi connectivity index (χ0v) is 18.1. The molecule has 0 aliphatic carbocycles. The van der Waals surface area contributed by atoms with Crippen LogP contribution >= 0.6 is 0 Å². The molecule has 0 radical (unpaired) electrons. The molecular formula is C26H21F5O2. The van der Waals surface area contributed by atoms with E-state index in [4.69, 9.17) is 9.47 Å². The first-order valence-corrected chi connectivity index (χ1v) is 10.6. The summed E-state index contributed by atoms with van der Waals surface area (Å²) >= 11 is 0. The van der Waals surface area contributed by atoms with Crippen LogP contribution in [0, 0.1) is 29.1 Å². The quantitative estimate of drug-likeness (QED) is 0.218. The molecule has 4 rings (SSSR count). The fourth-order valence-electron chi connectivity index (χ4n) is 3.82. The highest BCUT2D eigenvalue weighted by molar-refractivity contribution is 5.72. The Morgan fingerprint density at radius 1 is 0.788 bits per heavy atom. The fourth-order valence-corrected chi connectivity index (χ4v) is 3.82. The van der Waals surface area contributed by atoms with E-state index in [1.165, 1.54) is 36.4 Å². The topological polar surface area (TPSA) is 18.5 Å². The highest BCUT2D eigenvalue weighted by Gasteiger charge is 2.28. The minimum atomic E-state index is -1.29. The van der Waals surface area contributed by atoms with Crippen molar-refractivity contribution in [3.05, 3.63) is 87.2 Å². The molecule has 2 nitrogen and oxygen atoms in total. The maximum absolute atomic E-state index is 14.8. The van der Waals surface area contributed by atoms with Crippen molar-refractivity contribution in [1.29, 1.82) is 0 Å². The molecule has 0 fully saturated rings. The van der Waals surface area contributed by atoms with Gasteiger partial charge in [0.1, 0.15) is 0 Å². The Morgan fingerprint density at radius 3 is 2.21 bits per heavy atom. The molecule has 7 heteroatoms. The van der Waals surface area contributed by atoms with Crippen molar-refractivity contribution in [3.63, 3.8) is 0 Å². The lowest BCUT2D eigenvalue weighted by atomic mass is 9.97. The van der Waals surface area contributed by atoms with Gasteiger partial charge in [0.2, 0.25) is 11.6 Å². The maximum atomic E-state index is 14.8. The van der Waals surface area contributed by atoms with E-state index in [-0.39, 0.29) is 41.2 Å². The number of rotatable bonds is 6. The molecule has 1 heterocycles. The van der Waals surface area contributed by atoms with E-state index in [1.54, 1.807) is 13.0 Å². The normalized spacial score (nSPS) is 12.5. The summed E-state index contributed by atoms with van der Waals surface area (Å²) < 4.78 is 83.3. The van der Waals surface area contributed by atoms with Crippen LogP contribution in [0.4, 0.5) is 22.0 Å². The number of benzene rings is 3. The third kappa shape index (κ3) is 4.19. The van der Waals surface area contributed by atoms with Crippen LogP contribution < -0.4 is 9.47 Å². The average Bonchev–Trinajstić information content (AvgIpc) is 2.81. The first kappa shape index (κ1) is 22.8. The van der Waals surface area contributed by atoms with Crippen LogP contribution in [-0.2, 0) is 12.8 Å². The summed E-state index contributed by atoms with van der Waals surface area (Å²) in [7, 11) is 0. The van der Waals surface area contributed by atoms with E-state index in [9.17, 15) is 22.0 Å². The van der Waals surface area contributed by atoms with E-state index in [0.29, 0.717) is 24.0 Å². The van der Waals surface area contributed by atoms with Crippen LogP contribution in [0.5, 0.6) is 17.2 Å². The number of halogens is 5. The van der Waals surface area contributed by atoms with Crippen molar-refractivity contribution in [3.8, 4) is 17.2 Å². The zero-order valence-electron chi connectivity index (χ0n) is 18.1. The van der Waals surface area contributed by atoms with Crippen LogP contribution in [0.2, 0.25) is 0 Å². The largest absolute Gasteiger partial charge is 0.491 e. The van der Waals surface area contributed by atoms with Gasteiger partial charge in [-0.05, 0) is 31.0 Å². The van der Waals surface area contributed by atoms with Crippen molar-refractivity contribution in [2.75, 3.05) is 6.61 Å². The van der Waals surface area contributed by atoms with Crippen molar-refractivity contribution in [2.45, 2.75) is 33.1 Å². The Hall–Kier alpha value is -3.35. The Labute approximate surface area is 188 Å². The van der Waals surface area contributed by atoms with E-state index < -0.39 is 34.8 Å². The van der Waals surface area contributed by atoms with Gasteiger partial charge in [0.05, 0.1) is 6.61 Å². The molecule has 0 amide bonds. The summed E-state index contributed by atoms with van der Waals surface area (Å²) in [4.78, 5) is 0. The summed E-state index contributed by atoms with van der Waals surface area (Å²) in [5, 5.41) is 0. The summed E-state index contributed by atoms with van der Waals surface area (Å²) in [6.45, 7) is 3.78. The van der Waals surface area contributed by atoms with Crippen LogP contribution in [0.1, 0.15) is 48.1 Å². The van der Waals surface area contributed by atoms with Gasteiger partial charge >= 0.3 is 0 Å². The van der Waals surface area contributed by atoms with Crippen molar-refractivity contribution < 1.29 is 31.4 Å². The lowest BCUT2D eigenvalue weighted by Gasteiger charge is -2.23. The van der Waals surface area contributed by atoms with Gasteiger partial charge in [-0.25, -0.2) is 13.2 Å². The van der Waals surface area contributed by atoms with Gasteiger partial charge in [-0.3, -0.25) is 0 Å². The first-order valence-electron chi connectivity index (χ1n) is 10.6. The molecule has 1 aliphatic rings. The summed E-state index contributed by atoms with van der Waals surface area (Å²) in [6, 6.07) is 7.26. The van der Waals surface area contributed by atoms with Crippen LogP contribution in [0.25, 0.3) is 12.2 Å². The van der Waals surface area contributed by atoms with Crippen LogP contribution in [0.15, 0.2) is 30.3 Å². The Morgan fingerprint density at radius 2 is 1.48 bits per heavy atom. The number of aryl methyl sites for hydroxylation is 1. The predicted molar refractivity (Wildman–Crippen MR) is 116 cm³/mol. The molecule has 0 atom stereocenters. The molecule has 0 saturated heterocycles. The molecule has 33 heavy (non-hydrogen) atoms. The molecule has 3 aromatic carbocycles. The standard InChI is InChI=1S/C26H21F5O2/c1-3-5-14-6-7-15(21(28)20(14)27)8-9-16-12-18-13-17-10-11-19(32-4-2)23(30)25(17)33-26(18)24(31)22(16)29/h6-12H,3-5,13H2,1-2H3/b9-8+. The summed E-state index contributed by atoms with van der Waals surface area (Å²) in [5.74, 6) is -5.97. The molecule has 0 N–H and O–H groups in total.